The van der Waals surface area contributed by atoms with E-state index in [1.165, 1.54) is 0 Å². The molecule has 0 saturated heterocycles. The summed E-state index contributed by atoms with van der Waals surface area (Å²) < 4.78 is 31.8. The molecule has 1 aliphatic rings. The third-order valence-corrected chi connectivity index (χ3v) is 4.91. The summed E-state index contributed by atoms with van der Waals surface area (Å²) in [5.74, 6) is 0.335. The van der Waals surface area contributed by atoms with Gasteiger partial charge in [-0.15, -0.1) is 24.0 Å². The lowest BCUT2D eigenvalue weighted by molar-refractivity contribution is 0.179. The van der Waals surface area contributed by atoms with E-state index in [2.05, 4.69) is 15.0 Å². The van der Waals surface area contributed by atoms with Crippen LogP contribution in [0.3, 0.4) is 0 Å². The van der Waals surface area contributed by atoms with Gasteiger partial charge in [-0.2, -0.15) is 0 Å². The molecular formula is C15H25IN4O3S. The van der Waals surface area contributed by atoms with Crippen molar-refractivity contribution in [3.05, 3.63) is 29.8 Å². The number of nitrogens with one attached hydrogen (secondary N) is 2. The molecule has 1 unspecified atom stereocenters. The fraction of sp³-hybridized carbons (Fsp3) is 0.533. The minimum Gasteiger partial charge on any atom is -0.383 e. The molecule has 136 valence electrons. The third kappa shape index (κ3) is 6.91. The number of hydrogen-bond acceptors (Lipinski definition) is 4. The van der Waals surface area contributed by atoms with Crippen molar-refractivity contribution in [2.75, 3.05) is 13.7 Å². The van der Waals surface area contributed by atoms with Crippen molar-refractivity contribution in [3.63, 3.8) is 0 Å². The van der Waals surface area contributed by atoms with Crippen molar-refractivity contribution in [3.8, 4) is 0 Å². The summed E-state index contributed by atoms with van der Waals surface area (Å²) in [6.07, 6.45) is 1.83. The standard InChI is InChI=1S/C15H24N4O3S.HI/c1-11(10-22-2)18-15(16)17-9-12-3-7-14(8-4-12)23(20,21)19-13-5-6-13;/h3-4,7-8,11,13,19H,5-6,9-10H2,1-2H3,(H3,16,17,18);1H. The number of nitrogens with zero attached hydrogens (tertiary/aromatic N) is 1. The molecule has 9 heteroatoms. The van der Waals surface area contributed by atoms with Crippen LogP contribution in [-0.2, 0) is 21.3 Å². The van der Waals surface area contributed by atoms with Crippen LogP contribution in [0.25, 0.3) is 0 Å². The number of halogens is 1. The molecule has 24 heavy (non-hydrogen) atoms. The lowest BCUT2D eigenvalue weighted by Gasteiger charge is -2.13. The van der Waals surface area contributed by atoms with Crippen LogP contribution in [0, 0.1) is 0 Å². The fourth-order valence-corrected chi connectivity index (χ4v) is 3.33. The van der Waals surface area contributed by atoms with E-state index in [1.807, 2.05) is 6.92 Å². The molecule has 0 aromatic heterocycles. The summed E-state index contributed by atoms with van der Waals surface area (Å²) in [4.78, 5) is 4.50. The Labute approximate surface area is 160 Å². The van der Waals surface area contributed by atoms with Gasteiger partial charge in [0.1, 0.15) is 0 Å². The molecule has 1 aliphatic carbocycles. The van der Waals surface area contributed by atoms with Crippen LogP contribution in [-0.4, -0.2) is 40.2 Å². The van der Waals surface area contributed by atoms with Gasteiger partial charge in [0.2, 0.25) is 10.0 Å². The van der Waals surface area contributed by atoms with Crippen LogP contribution < -0.4 is 15.8 Å². The van der Waals surface area contributed by atoms with Crippen LogP contribution in [0.1, 0.15) is 25.3 Å². The predicted molar refractivity (Wildman–Crippen MR) is 105 cm³/mol. The van der Waals surface area contributed by atoms with Crippen LogP contribution in [0.4, 0.5) is 0 Å². The molecule has 1 aromatic carbocycles. The molecule has 0 aliphatic heterocycles. The molecule has 1 atom stereocenters. The lowest BCUT2D eigenvalue weighted by atomic mass is 10.2. The van der Waals surface area contributed by atoms with E-state index in [0.29, 0.717) is 19.1 Å². The quantitative estimate of drug-likeness (QED) is 0.302. The average molecular weight is 468 g/mol. The number of ether oxygens (including phenoxy) is 1. The monoisotopic (exact) mass is 468 g/mol. The first-order chi connectivity index (χ1) is 10.9. The number of aliphatic imine (C=N–C) groups is 1. The second-order valence-electron chi connectivity index (χ2n) is 5.74. The van der Waals surface area contributed by atoms with E-state index in [9.17, 15) is 8.42 Å². The summed E-state index contributed by atoms with van der Waals surface area (Å²) in [6, 6.07) is 6.85. The fourth-order valence-electron chi connectivity index (χ4n) is 2.03. The Bertz CT molecular complexity index is 645. The molecule has 1 aromatic rings. The Kier molecular flexibility index (Phi) is 8.40. The Balaban J connectivity index is 0.00000288. The van der Waals surface area contributed by atoms with E-state index in [-0.39, 0.29) is 41.0 Å². The maximum atomic E-state index is 12.1. The molecular weight excluding hydrogens is 443 g/mol. The van der Waals surface area contributed by atoms with Gasteiger partial charge in [-0.3, -0.25) is 0 Å². The molecule has 4 N–H and O–H groups in total. The SMILES string of the molecule is COCC(C)NC(N)=NCc1ccc(S(=O)(=O)NC2CC2)cc1.I. The largest absolute Gasteiger partial charge is 0.383 e. The highest BCUT2D eigenvalue weighted by Gasteiger charge is 2.27. The number of sulfonamides is 1. The van der Waals surface area contributed by atoms with Gasteiger partial charge in [-0.1, -0.05) is 12.1 Å². The molecule has 0 bridgehead atoms. The summed E-state index contributed by atoms with van der Waals surface area (Å²) in [5.41, 5.74) is 6.68. The second-order valence-corrected chi connectivity index (χ2v) is 7.46. The van der Waals surface area contributed by atoms with Gasteiger partial charge >= 0.3 is 0 Å². The Hall–Kier alpha value is -0.910. The first kappa shape index (κ1) is 21.1. The average Bonchev–Trinajstić information content (AvgIpc) is 3.29. The van der Waals surface area contributed by atoms with E-state index < -0.39 is 10.0 Å². The van der Waals surface area contributed by atoms with E-state index in [1.54, 1.807) is 31.4 Å². The Morgan fingerprint density at radius 1 is 1.38 bits per heavy atom. The number of hydrogen-bond donors (Lipinski definition) is 3. The van der Waals surface area contributed by atoms with Crippen molar-refractivity contribution < 1.29 is 13.2 Å². The highest BCUT2D eigenvalue weighted by Crippen LogP contribution is 2.22. The number of guanidine groups is 1. The molecule has 0 spiro atoms. The van der Waals surface area contributed by atoms with E-state index >= 15 is 0 Å². The first-order valence-corrected chi connectivity index (χ1v) is 9.05. The van der Waals surface area contributed by atoms with Gasteiger partial charge in [0.25, 0.3) is 0 Å². The molecule has 0 heterocycles. The molecule has 1 saturated carbocycles. The molecule has 0 amide bonds. The highest BCUT2D eigenvalue weighted by atomic mass is 127. The lowest BCUT2D eigenvalue weighted by Crippen LogP contribution is -2.40. The van der Waals surface area contributed by atoms with Crippen LogP contribution >= 0.6 is 24.0 Å². The van der Waals surface area contributed by atoms with Gasteiger partial charge in [0.05, 0.1) is 18.0 Å². The first-order valence-electron chi connectivity index (χ1n) is 7.57. The van der Waals surface area contributed by atoms with E-state index in [4.69, 9.17) is 10.5 Å². The zero-order valence-electron chi connectivity index (χ0n) is 13.9. The second kappa shape index (κ2) is 9.54. The van der Waals surface area contributed by atoms with Crippen LogP contribution in [0.2, 0.25) is 0 Å². The summed E-state index contributed by atoms with van der Waals surface area (Å²) in [6.45, 7) is 2.87. The zero-order chi connectivity index (χ0) is 16.9. The van der Waals surface area contributed by atoms with Crippen molar-refractivity contribution in [2.24, 2.45) is 10.7 Å². The normalized spacial score (nSPS) is 16.3. The number of rotatable bonds is 8. The number of benzene rings is 1. The third-order valence-electron chi connectivity index (χ3n) is 3.38. The van der Waals surface area contributed by atoms with Gasteiger partial charge in [-0.25, -0.2) is 18.1 Å². The zero-order valence-corrected chi connectivity index (χ0v) is 17.0. The van der Waals surface area contributed by atoms with Crippen molar-refractivity contribution in [1.82, 2.24) is 10.0 Å². The van der Waals surface area contributed by atoms with Crippen molar-refractivity contribution in [1.29, 1.82) is 0 Å². The minimum absolute atomic E-state index is 0. The van der Waals surface area contributed by atoms with Crippen molar-refractivity contribution >= 4 is 40.0 Å². The van der Waals surface area contributed by atoms with Crippen molar-refractivity contribution in [2.45, 2.75) is 43.3 Å². The Morgan fingerprint density at radius 3 is 2.54 bits per heavy atom. The Morgan fingerprint density at radius 2 is 2.00 bits per heavy atom. The highest BCUT2D eigenvalue weighted by molar-refractivity contribution is 14.0. The molecule has 0 radical (unpaired) electrons. The number of methoxy groups -OCH3 is 1. The topological polar surface area (TPSA) is 106 Å². The molecule has 2 rings (SSSR count). The van der Waals surface area contributed by atoms with Gasteiger partial charge < -0.3 is 15.8 Å². The summed E-state index contributed by atoms with van der Waals surface area (Å²) >= 11 is 0. The van der Waals surface area contributed by atoms with Gasteiger partial charge in [0.15, 0.2) is 5.96 Å². The van der Waals surface area contributed by atoms with Crippen LogP contribution in [0.5, 0.6) is 0 Å². The maximum absolute atomic E-state index is 12.1. The predicted octanol–water partition coefficient (Wildman–Crippen LogP) is 1.18. The van der Waals surface area contributed by atoms with E-state index in [0.717, 1.165) is 18.4 Å². The molecule has 1 fully saturated rings. The van der Waals surface area contributed by atoms with Gasteiger partial charge in [0, 0.05) is 19.2 Å². The maximum Gasteiger partial charge on any atom is 0.240 e. The smallest absolute Gasteiger partial charge is 0.240 e. The summed E-state index contributed by atoms with van der Waals surface area (Å²) in [5, 5.41) is 3.01. The van der Waals surface area contributed by atoms with Crippen LogP contribution in [0.15, 0.2) is 34.2 Å². The van der Waals surface area contributed by atoms with Gasteiger partial charge in [-0.05, 0) is 37.5 Å². The summed E-state index contributed by atoms with van der Waals surface area (Å²) in [7, 11) is -1.78. The molecule has 7 nitrogen and oxygen atoms in total. The minimum atomic E-state index is -3.40. The number of nitrogens with two attached hydrogens (primary N) is 1.